The molecule has 1 aromatic heterocycles. The first-order valence-electron chi connectivity index (χ1n) is 10.8. The molecular weight excluding hydrogens is 420 g/mol. The van der Waals surface area contributed by atoms with Crippen molar-refractivity contribution >= 4 is 28.3 Å². The van der Waals surface area contributed by atoms with Crippen molar-refractivity contribution in [1.82, 2.24) is 9.80 Å². The zero-order chi connectivity index (χ0) is 20.9. The Bertz CT molecular complexity index is 886. The van der Waals surface area contributed by atoms with E-state index < -0.39 is 10.8 Å². The zero-order valence-electron chi connectivity index (χ0n) is 17.2. The molecule has 162 valence electrons. The van der Waals surface area contributed by atoms with Gasteiger partial charge < -0.3 is 14.2 Å². The Balaban J connectivity index is 1.29. The van der Waals surface area contributed by atoms with Crippen LogP contribution >= 0.6 is 11.6 Å². The number of rotatable bonds is 6. The maximum Gasteiger partial charge on any atom is 0.289 e. The van der Waals surface area contributed by atoms with Crippen molar-refractivity contribution in [3.05, 3.63) is 58.5 Å². The van der Waals surface area contributed by atoms with Gasteiger partial charge in [0.25, 0.3) is 5.91 Å². The molecule has 0 aliphatic carbocycles. The van der Waals surface area contributed by atoms with Crippen molar-refractivity contribution in [1.29, 1.82) is 0 Å². The smallest absolute Gasteiger partial charge is 0.289 e. The summed E-state index contributed by atoms with van der Waals surface area (Å²) in [6, 6.07) is 11.5. The van der Waals surface area contributed by atoms with Crippen LogP contribution in [0.3, 0.4) is 0 Å². The molecule has 2 fully saturated rings. The van der Waals surface area contributed by atoms with E-state index >= 15 is 0 Å². The lowest BCUT2D eigenvalue weighted by Crippen LogP contribution is -2.48. The van der Waals surface area contributed by atoms with Crippen LogP contribution in [0.4, 0.5) is 0 Å². The lowest BCUT2D eigenvalue weighted by Gasteiger charge is -2.40. The van der Waals surface area contributed by atoms with Gasteiger partial charge in [0, 0.05) is 35.0 Å². The van der Waals surface area contributed by atoms with E-state index in [1.807, 2.05) is 23.1 Å². The van der Waals surface area contributed by atoms with Crippen LogP contribution < -0.4 is 0 Å². The highest BCUT2D eigenvalue weighted by Crippen LogP contribution is 2.23. The number of carbonyl (C=O) groups excluding carboxylic acids is 1. The van der Waals surface area contributed by atoms with Gasteiger partial charge in [-0.1, -0.05) is 36.2 Å². The number of amides is 1. The van der Waals surface area contributed by atoms with Gasteiger partial charge in [-0.2, -0.15) is 0 Å². The quantitative estimate of drug-likeness (QED) is 0.654. The monoisotopic (exact) mass is 448 g/mol. The number of piperidine rings is 2. The van der Waals surface area contributed by atoms with Gasteiger partial charge in [0.1, 0.15) is 5.76 Å². The van der Waals surface area contributed by atoms with Crippen LogP contribution in [0.1, 0.15) is 54.0 Å². The number of carbonyl (C=O) groups is 1. The minimum atomic E-state index is -1.15. The van der Waals surface area contributed by atoms with Crippen LogP contribution in [0.15, 0.2) is 40.8 Å². The third-order valence-corrected chi connectivity index (χ3v) is 7.72. The summed E-state index contributed by atoms with van der Waals surface area (Å²) in [5.41, 5.74) is 0.858. The summed E-state index contributed by atoms with van der Waals surface area (Å²) in [6.45, 7) is 3.94. The van der Waals surface area contributed by atoms with Gasteiger partial charge >= 0.3 is 0 Å². The van der Waals surface area contributed by atoms with Crippen molar-refractivity contribution in [2.45, 2.75) is 49.7 Å². The lowest BCUT2D eigenvalue weighted by molar-refractivity contribution is 0.0561. The molecule has 0 saturated carbocycles. The number of hydrogen-bond acceptors (Lipinski definition) is 4. The van der Waals surface area contributed by atoms with E-state index in [9.17, 15) is 9.00 Å². The van der Waals surface area contributed by atoms with Crippen LogP contribution in [0.2, 0.25) is 5.02 Å². The van der Waals surface area contributed by atoms with Crippen molar-refractivity contribution in [3.8, 4) is 0 Å². The number of likely N-dealkylation sites (tertiary alicyclic amines) is 2. The number of halogens is 1. The number of nitrogens with zero attached hydrogens (tertiary/aromatic N) is 2. The Labute approximate surface area is 185 Å². The van der Waals surface area contributed by atoms with Crippen LogP contribution in [-0.4, -0.2) is 52.1 Å². The van der Waals surface area contributed by atoms with Gasteiger partial charge in [-0.3, -0.25) is 9.00 Å². The molecule has 4 rings (SSSR count). The van der Waals surface area contributed by atoms with Gasteiger partial charge in [0.2, 0.25) is 0 Å². The van der Waals surface area contributed by atoms with E-state index in [1.54, 1.807) is 18.2 Å². The molecule has 0 spiro atoms. The summed E-state index contributed by atoms with van der Waals surface area (Å²) in [4.78, 5) is 17.3. The van der Waals surface area contributed by atoms with Gasteiger partial charge in [-0.05, 0) is 62.5 Å². The minimum Gasteiger partial charge on any atom is -0.455 e. The topological polar surface area (TPSA) is 53.8 Å². The number of benzene rings is 1. The largest absolute Gasteiger partial charge is 0.455 e. The second-order valence-corrected chi connectivity index (χ2v) is 10.1. The molecule has 1 unspecified atom stereocenters. The van der Waals surface area contributed by atoms with E-state index in [1.165, 1.54) is 32.4 Å². The Hall–Kier alpha value is -1.63. The molecule has 2 saturated heterocycles. The average molecular weight is 449 g/mol. The summed E-state index contributed by atoms with van der Waals surface area (Å²) in [5.74, 6) is 1.50. The highest BCUT2D eigenvalue weighted by molar-refractivity contribution is 7.83. The summed E-state index contributed by atoms with van der Waals surface area (Å²) in [7, 11) is -1.15. The summed E-state index contributed by atoms with van der Waals surface area (Å²) >= 11 is 6.15. The van der Waals surface area contributed by atoms with E-state index in [0.717, 1.165) is 31.5 Å². The normalized spacial score (nSPS) is 19.7. The fourth-order valence-electron chi connectivity index (χ4n) is 4.44. The first kappa shape index (κ1) is 21.6. The standard InChI is InChI=1S/C23H29ClN2O3S/c24-21-7-3-2-6-18(21)16-30(28)17-20-8-9-22(29-20)23(27)26-14-10-19(11-15-26)25-12-4-1-5-13-25/h2-3,6-9,19H,1,4-5,10-17H2. The molecule has 2 aliphatic rings. The van der Waals surface area contributed by atoms with Gasteiger partial charge in [0.05, 0.1) is 11.5 Å². The Morgan fingerprint density at radius 2 is 1.73 bits per heavy atom. The van der Waals surface area contributed by atoms with Crippen LogP contribution in [0.5, 0.6) is 0 Å². The van der Waals surface area contributed by atoms with E-state index in [4.69, 9.17) is 16.0 Å². The average Bonchev–Trinajstić information content (AvgIpc) is 3.24. The molecule has 0 N–H and O–H groups in total. The molecule has 5 nitrogen and oxygen atoms in total. The molecule has 2 aromatic rings. The van der Waals surface area contributed by atoms with Gasteiger partial charge in [0.15, 0.2) is 5.76 Å². The fraction of sp³-hybridized carbons (Fsp3) is 0.522. The van der Waals surface area contributed by atoms with Crippen LogP contribution in [-0.2, 0) is 22.3 Å². The molecule has 1 aromatic carbocycles. The predicted octanol–water partition coefficient (Wildman–Crippen LogP) is 4.47. The third kappa shape index (κ3) is 5.34. The third-order valence-electron chi connectivity index (χ3n) is 6.11. The SMILES string of the molecule is O=C(c1ccc(CS(=O)Cc2ccccc2Cl)o1)N1CCC(N2CCCCC2)CC1. The van der Waals surface area contributed by atoms with Crippen molar-refractivity contribution < 1.29 is 13.4 Å². The van der Waals surface area contributed by atoms with E-state index in [-0.39, 0.29) is 11.7 Å². The van der Waals surface area contributed by atoms with Gasteiger partial charge in [-0.15, -0.1) is 0 Å². The van der Waals surface area contributed by atoms with Crippen LogP contribution in [0, 0.1) is 0 Å². The highest BCUT2D eigenvalue weighted by atomic mass is 35.5. The summed E-state index contributed by atoms with van der Waals surface area (Å²) in [6.07, 6.45) is 6.00. The first-order chi connectivity index (χ1) is 14.6. The number of hydrogen-bond donors (Lipinski definition) is 0. The molecule has 30 heavy (non-hydrogen) atoms. The van der Waals surface area contributed by atoms with Crippen molar-refractivity contribution in [2.75, 3.05) is 26.2 Å². The fourth-order valence-corrected chi connectivity index (χ4v) is 5.90. The van der Waals surface area contributed by atoms with Crippen LogP contribution in [0.25, 0.3) is 0 Å². The Kier molecular flexibility index (Phi) is 7.28. The highest BCUT2D eigenvalue weighted by Gasteiger charge is 2.29. The molecule has 1 atom stereocenters. The second-order valence-electron chi connectivity index (χ2n) is 8.21. The lowest BCUT2D eigenvalue weighted by atomic mass is 10.00. The van der Waals surface area contributed by atoms with Gasteiger partial charge in [-0.25, -0.2) is 0 Å². The second kappa shape index (κ2) is 10.1. The van der Waals surface area contributed by atoms with Crippen molar-refractivity contribution in [2.24, 2.45) is 0 Å². The van der Waals surface area contributed by atoms with Crippen molar-refractivity contribution in [3.63, 3.8) is 0 Å². The molecule has 3 heterocycles. The summed E-state index contributed by atoms with van der Waals surface area (Å²) in [5, 5.41) is 0.620. The molecule has 1 amide bonds. The Morgan fingerprint density at radius 1 is 1.00 bits per heavy atom. The minimum absolute atomic E-state index is 0.0600. The molecule has 0 bridgehead atoms. The zero-order valence-corrected chi connectivity index (χ0v) is 18.8. The molecule has 7 heteroatoms. The van der Waals surface area contributed by atoms with E-state index in [0.29, 0.717) is 28.3 Å². The molecule has 0 radical (unpaired) electrons. The summed E-state index contributed by atoms with van der Waals surface area (Å²) < 4.78 is 18.2. The predicted molar refractivity (Wildman–Crippen MR) is 120 cm³/mol. The first-order valence-corrected chi connectivity index (χ1v) is 12.7. The maximum atomic E-state index is 12.8. The molecule has 2 aliphatic heterocycles. The molecular formula is C23H29ClN2O3S. The maximum absolute atomic E-state index is 12.8. The van der Waals surface area contributed by atoms with E-state index in [2.05, 4.69) is 4.90 Å². The Morgan fingerprint density at radius 3 is 2.47 bits per heavy atom. The number of furan rings is 1.